The van der Waals surface area contributed by atoms with Crippen molar-refractivity contribution in [2.75, 3.05) is 13.2 Å². The highest BCUT2D eigenvalue weighted by atomic mass is 16.6. The van der Waals surface area contributed by atoms with E-state index in [4.69, 9.17) is 9.47 Å². The SMILES string of the molecule is CCOC(=O)COc1ccc(C23CC4CC(C2)C(NC(C)C)C(C4)C3)cc1. The molecule has 1 aromatic carbocycles. The largest absolute Gasteiger partial charge is 0.482 e. The molecule has 1 N–H and O–H groups in total. The van der Waals surface area contributed by atoms with Crippen LogP contribution in [0, 0.1) is 17.8 Å². The monoisotopic (exact) mass is 371 g/mol. The molecule has 2 atom stereocenters. The van der Waals surface area contributed by atoms with Gasteiger partial charge >= 0.3 is 5.97 Å². The van der Waals surface area contributed by atoms with Gasteiger partial charge in [-0.15, -0.1) is 0 Å². The molecular weight excluding hydrogens is 338 g/mol. The summed E-state index contributed by atoms with van der Waals surface area (Å²) in [7, 11) is 0. The fourth-order valence-electron chi connectivity index (χ4n) is 6.28. The standard InChI is InChI=1S/C23H33NO3/c1-4-26-21(25)14-27-20-7-5-19(6-8-20)23-11-16-9-17(12-23)22(24-15(2)3)18(10-16)13-23/h5-8,15-18,22,24H,4,9-14H2,1-3H3. The summed E-state index contributed by atoms with van der Waals surface area (Å²) in [5, 5.41) is 3.88. The molecule has 4 nitrogen and oxygen atoms in total. The van der Waals surface area contributed by atoms with E-state index in [1.807, 2.05) is 12.1 Å². The summed E-state index contributed by atoms with van der Waals surface area (Å²) in [5.74, 6) is 2.96. The first kappa shape index (κ1) is 18.8. The van der Waals surface area contributed by atoms with Crippen LogP contribution in [0.2, 0.25) is 0 Å². The maximum absolute atomic E-state index is 11.5. The van der Waals surface area contributed by atoms with Gasteiger partial charge in [0.15, 0.2) is 6.61 Å². The highest BCUT2D eigenvalue weighted by molar-refractivity contribution is 5.71. The molecule has 148 valence electrons. The third kappa shape index (κ3) is 3.73. The van der Waals surface area contributed by atoms with Crippen LogP contribution in [0.1, 0.15) is 58.4 Å². The van der Waals surface area contributed by atoms with Crippen LogP contribution in [-0.4, -0.2) is 31.3 Å². The van der Waals surface area contributed by atoms with Crippen LogP contribution in [0.3, 0.4) is 0 Å². The van der Waals surface area contributed by atoms with Crippen LogP contribution in [0.25, 0.3) is 0 Å². The summed E-state index contributed by atoms with van der Waals surface area (Å²) >= 11 is 0. The van der Waals surface area contributed by atoms with E-state index in [-0.39, 0.29) is 12.6 Å². The number of esters is 1. The van der Waals surface area contributed by atoms with Crippen molar-refractivity contribution in [3.63, 3.8) is 0 Å². The summed E-state index contributed by atoms with van der Waals surface area (Å²) in [6, 6.07) is 9.80. The number of hydrogen-bond acceptors (Lipinski definition) is 4. The lowest BCUT2D eigenvalue weighted by Crippen LogP contribution is -2.60. The third-order valence-corrected chi connectivity index (χ3v) is 6.93. The Morgan fingerprint density at radius 2 is 1.81 bits per heavy atom. The Morgan fingerprint density at radius 1 is 1.15 bits per heavy atom. The van der Waals surface area contributed by atoms with Crippen molar-refractivity contribution in [2.45, 2.75) is 70.4 Å². The average Bonchev–Trinajstić information content (AvgIpc) is 2.63. The molecule has 4 aliphatic rings. The first-order valence-corrected chi connectivity index (χ1v) is 10.6. The van der Waals surface area contributed by atoms with Crippen LogP contribution in [0.5, 0.6) is 5.75 Å². The molecule has 0 spiro atoms. The Kier molecular flexibility index (Phi) is 5.19. The minimum absolute atomic E-state index is 0.0207. The first-order valence-electron chi connectivity index (χ1n) is 10.6. The fraction of sp³-hybridized carbons (Fsp3) is 0.696. The van der Waals surface area contributed by atoms with Gasteiger partial charge in [0.05, 0.1) is 6.61 Å². The molecule has 0 amide bonds. The van der Waals surface area contributed by atoms with Crippen molar-refractivity contribution < 1.29 is 14.3 Å². The maximum atomic E-state index is 11.5. The van der Waals surface area contributed by atoms with E-state index in [9.17, 15) is 4.79 Å². The highest BCUT2D eigenvalue weighted by Crippen LogP contribution is 2.60. The van der Waals surface area contributed by atoms with Crippen molar-refractivity contribution in [1.82, 2.24) is 5.32 Å². The van der Waals surface area contributed by atoms with Gasteiger partial charge < -0.3 is 14.8 Å². The lowest BCUT2D eigenvalue weighted by molar-refractivity contribution is -0.145. The van der Waals surface area contributed by atoms with E-state index in [0.717, 1.165) is 23.5 Å². The van der Waals surface area contributed by atoms with Gasteiger partial charge in [0.1, 0.15) is 5.75 Å². The zero-order valence-electron chi connectivity index (χ0n) is 16.9. The molecule has 4 heteroatoms. The van der Waals surface area contributed by atoms with Crippen LogP contribution >= 0.6 is 0 Å². The Labute approximate surface area is 163 Å². The van der Waals surface area contributed by atoms with E-state index < -0.39 is 0 Å². The van der Waals surface area contributed by atoms with Gasteiger partial charge in [0, 0.05) is 12.1 Å². The van der Waals surface area contributed by atoms with Crippen LogP contribution in [0.4, 0.5) is 0 Å². The lowest BCUT2D eigenvalue weighted by atomic mass is 9.46. The van der Waals surface area contributed by atoms with Gasteiger partial charge in [-0.25, -0.2) is 4.79 Å². The minimum atomic E-state index is -0.314. The molecule has 2 unspecified atom stereocenters. The Hall–Kier alpha value is -1.55. The molecule has 0 heterocycles. The Bertz CT molecular complexity index is 653. The normalized spacial score (nSPS) is 34.1. The average molecular weight is 372 g/mol. The van der Waals surface area contributed by atoms with Crippen LogP contribution < -0.4 is 10.1 Å². The van der Waals surface area contributed by atoms with Gasteiger partial charge in [-0.05, 0) is 79.9 Å². The number of carbonyl (C=O) groups is 1. The highest BCUT2D eigenvalue weighted by Gasteiger charge is 2.55. The summed E-state index contributed by atoms with van der Waals surface area (Å²) in [4.78, 5) is 11.5. The predicted octanol–water partition coefficient (Wildman–Crippen LogP) is 4.07. The zero-order valence-corrected chi connectivity index (χ0v) is 16.9. The van der Waals surface area contributed by atoms with E-state index in [0.29, 0.717) is 24.1 Å². The van der Waals surface area contributed by atoms with Crippen molar-refractivity contribution in [3.05, 3.63) is 29.8 Å². The number of benzene rings is 1. The number of ether oxygens (including phenoxy) is 2. The summed E-state index contributed by atoms with van der Waals surface area (Å²) in [6.07, 6.45) is 6.78. The minimum Gasteiger partial charge on any atom is -0.482 e. The van der Waals surface area contributed by atoms with Crippen molar-refractivity contribution in [3.8, 4) is 5.75 Å². The van der Waals surface area contributed by atoms with E-state index >= 15 is 0 Å². The van der Waals surface area contributed by atoms with Crippen molar-refractivity contribution in [1.29, 1.82) is 0 Å². The van der Waals surface area contributed by atoms with E-state index in [2.05, 4.69) is 31.3 Å². The quantitative estimate of drug-likeness (QED) is 0.734. The second kappa shape index (κ2) is 7.46. The second-order valence-electron chi connectivity index (χ2n) is 9.22. The number of nitrogens with one attached hydrogen (secondary N) is 1. The molecule has 4 aliphatic carbocycles. The molecule has 0 saturated heterocycles. The molecule has 0 aliphatic heterocycles. The van der Waals surface area contributed by atoms with E-state index in [1.165, 1.54) is 37.7 Å². The summed E-state index contributed by atoms with van der Waals surface area (Å²) < 4.78 is 10.5. The predicted molar refractivity (Wildman–Crippen MR) is 106 cm³/mol. The summed E-state index contributed by atoms with van der Waals surface area (Å²) in [5.41, 5.74) is 1.82. The number of rotatable bonds is 7. The molecular formula is C23H33NO3. The lowest BCUT2D eigenvalue weighted by Gasteiger charge is -2.61. The van der Waals surface area contributed by atoms with Crippen molar-refractivity contribution >= 4 is 5.97 Å². The van der Waals surface area contributed by atoms with E-state index in [1.54, 1.807) is 6.92 Å². The molecule has 0 aromatic heterocycles. The maximum Gasteiger partial charge on any atom is 0.344 e. The third-order valence-electron chi connectivity index (χ3n) is 6.93. The molecule has 4 fully saturated rings. The summed E-state index contributed by atoms with van der Waals surface area (Å²) in [6.45, 7) is 6.72. The number of carbonyl (C=O) groups excluding carboxylic acids is 1. The smallest absolute Gasteiger partial charge is 0.344 e. The topological polar surface area (TPSA) is 47.6 Å². The Morgan fingerprint density at radius 3 is 2.41 bits per heavy atom. The molecule has 4 bridgehead atoms. The Balaban J connectivity index is 1.45. The molecule has 27 heavy (non-hydrogen) atoms. The van der Waals surface area contributed by atoms with Gasteiger partial charge in [0.25, 0.3) is 0 Å². The first-order chi connectivity index (χ1) is 13.0. The zero-order chi connectivity index (χ0) is 19.0. The molecule has 0 radical (unpaired) electrons. The van der Waals surface area contributed by atoms with Gasteiger partial charge in [0.2, 0.25) is 0 Å². The van der Waals surface area contributed by atoms with Crippen LogP contribution in [0.15, 0.2) is 24.3 Å². The fourth-order valence-corrected chi connectivity index (χ4v) is 6.28. The van der Waals surface area contributed by atoms with Gasteiger partial charge in [-0.1, -0.05) is 26.0 Å². The molecule has 5 rings (SSSR count). The number of hydrogen-bond donors (Lipinski definition) is 1. The van der Waals surface area contributed by atoms with Crippen LogP contribution in [-0.2, 0) is 14.9 Å². The van der Waals surface area contributed by atoms with Gasteiger partial charge in [-0.3, -0.25) is 0 Å². The van der Waals surface area contributed by atoms with Gasteiger partial charge in [-0.2, -0.15) is 0 Å². The van der Waals surface area contributed by atoms with Crippen molar-refractivity contribution in [2.24, 2.45) is 17.8 Å². The molecule has 1 aromatic rings. The molecule has 4 saturated carbocycles. The second-order valence-corrected chi connectivity index (χ2v) is 9.22.